The maximum Gasteiger partial charge on any atom is 0.416 e. The molecule has 0 aliphatic carbocycles. The van der Waals surface area contributed by atoms with Crippen molar-refractivity contribution in [2.75, 3.05) is 27.3 Å². The van der Waals surface area contributed by atoms with Crippen LogP contribution in [0, 0.1) is 0 Å². The second kappa shape index (κ2) is 9.13. The molecule has 1 amide bonds. The average Bonchev–Trinajstić information content (AvgIpc) is 3.33. The number of methoxy groups -OCH3 is 2. The molecule has 1 atom stereocenters. The summed E-state index contributed by atoms with van der Waals surface area (Å²) in [4.78, 5) is 14.8. The first-order valence-electron chi connectivity index (χ1n) is 10.3. The largest absolute Gasteiger partial charge is 0.497 e. The number of hydrogen-bond acceptors (Lipinski definition) is 6. The zero-order valence-electron chi connectivity index (χ0n) is 18.1. The van der Waals surface area contributed by atoms with Crippen LogP contribution in [0.1, 0.15) is 40.6 Å². The summed E-state index contributed by atoms with van der Waals surface area (Å²) in [6, 6.07) is 9.55. The Hall–Kier alpha value is -3.56. The third-order valence-electron chi connectivity index (χ3n) is 5.56. The number of alkyl halides is 3. The number of ether oxygens (including phenoxy) is 2. The predicted octanol–water partition coefficient (Wildman–Crippen LogP) is 4.79. The third-order valence-corrected chi connectivity index (χ3v) is 5.56. The van der Waals surface area contributed by atoms with Gasteiger partial charge in [0, 0.05) is 30.3 Å². The number of hydrogen-bond donors (Lipinski definition) is 0. The second-order valence-corrected chi connectivity index (χ2v) is 7.71. The molecule has 3 aromatic rings. The lowest BCUT2D eigenvalue weighted by molar-refractivity contribution is -0.137. The Morgan fingerprint density at radius 2 is 1.73 bits per heavy atom. The van der Waals surface area contributed by atoms with Crippen molar-refractivity contribution in [3.8, 4) is 23.0 Å². The number of nitrogens with zero attached hydrogens (tertiary/aromatic N) is 3. The van der Waals surface area contributed by atoms with Crippen LogP contribution in [0.2, 0.25) is 0 Å². The minimum Gasteiger partial charge on any atom is -0.497 e. The molecule has 0 spiro atoms. The SMILES string of the molecule is COc1cc(OC)cc(C(=O)N2CCCC(c3nnc(-c4ccc(C(F)(F)F)cc4)o3)C2)c1. The Balaban J connectivity index is 1.49. The van der Waals surface area contributed by atoms with E-state index in [0.717, 1.165) is 25.0 Å². The zero-order valence-corrected chi connectivity index (χ0v) is 18.1. The van der Waals surface area contributed by atoms with Gasteiger partial charge in [-0.15, -0.1) is 10.2 Å². The van der Waals surface area contributed by atoms with E-state index in [2.05, 4.69) is 10.2 Å². The minimum atomic E-state index is -4.41. The highest BCUT2D eigenvalue weighted by Crippen LogP contribution is 2.33. The lowest BCUT2D eigenvalue weighted by Gasteiger charge is -2.31. The topological polar surface area (TPSA) is 77.7 Å². The Labute approximate surface area is 188 Å². The molecule has 2 aromatic carbocycles. The smallest absolute Gasteiger partial charge is 0.416 e. The van der Waals surface area contributed by atoms with E-state index in [4.69, 9.17) is 13.9 Å². The third kappa shape index (κ3) is 4.94. The number of piperidine rings is 1. The summed E-state index contributed by atoms with van der Waals surface area (Å²) in [6.07, 6.45) is -2.92. The van der Waals surface area contributed by atoms with Crippen LogP contribution in [0.3, 0.4) is 0 Å². The van der Waals surface area contributed by atoms with Crippen LogP contribution in [0.5, 0.6) is 11.5 Å². The van der Waals surface area contributed by atoms with E-state index in [0.29, 0.717) is 41.6 Å². The molecule has 1 aliphatic rings. The number of amides is 1. The fourth-order valence-electron chi connectivity index (χ4n) is 3.79. The molecule has 0 N–H and O–H groups in total. The van der Waals surface area contributed by atoms with Gasteiger partial charge >= 0.3 is 6.18 Å². The summed E-state index contributed by atoms with van der Waals surface area (Å²) in [7, 11) is 3.04. The number of likely N-dealkylation sites (tertiary alicyclic amines) is 1. The van der Waals surface area contributed by atoms with Crippen molar-refractivity contribution >= 4 is 5.91 Å². The Bertz CT molecular complexity index is 1110. The quantitative estimate of drug-likeness (QED) is 0.544. The highest BCUT2D eigenvalue weighted by molar-refractivity contribution is 5.95. The lowest BCUT2D eigenvalue weighted by Crippen LogP contribution is -2.39. The highest BCUT2D eigenvalue weighted by Gasteiger charge is 2.31. The molecule has 0 saturated carbocycles. The standard InChI is InChI=1S/C23H22F3N3O4/c1-31-18-10-16(11-19(12-18)32-2)22(30)29-9-3-4-15(13-29)21-28-27-20(33-21)14-5-7-17(8-6-14)23(24,25)26/h5-8,10-12,15H,3-4,9,13H2,1-2H3. The molecule has 0 radical (unpaired) electrons. The van der Waals surface area contributed by atoms with Crippen LogP contribution in [0.4, 0.5) is 13.2 Å². The highest BCUT2D eigenvalue weighted by atomic mass is 19.4. The van der Waals surface area contributed by atoms with E-state index < -0.39 is 11.7 Å². The molecule has 1 unspecified atom stereocenters. The Morgan fingerprint density at radius 1 is 1.06 bits per heavy atom. The van der Waals surface area contributed by atoms with Crippen LogP contribution in [0.15, 0.2) is 46.9 Å². The number of carbonyl (C=O) groups is 1. The van der Waals surface area contributed by atoms with Gasteiger partial charge < -0.3 is 18.8 Å². The van der Waals surface area contributed by atoms with Gasteiger partial charge in [-0.3, -0.25) is 4.79 Å². The summed E-state index contributed by atoms with van der Waals surface area (Å²) >= 11 is 0. The van der Waals surface area contributed by atoms with Crippen molar-refractivity contribution in [1.29, 1.82) is 0 Å². The molecule has 1 fully saturated rings. The molecule has 1 saturated heterocycles. The lowest BCUT2D eigenvalue weighted by atomic mass is 9.97. The van der Waals surface area contributed by atoms with E-state index in [-0.39, 0.29) is 17.7 Å². The van der Waals surface area contributed by atoms with Gasteiger partial charge in [0.1, 0.15) is 11.5 Å². The summed E-state index contributed by atoms with van der Waals surface area (Å²) < 4.78 is 54.6. The van der Waals surface area contributed by atoms with Crippen LogP contribution in [0.25, 0.3) is 11.5 Å². The number of benzene rings is 2. The summed E-state index contributed by atoms with van der Waals surface area (Å²) in [6.45, 7) is 0.960. The number of aromatic nitrogens is 2. The van der Waals surface area contributed by atoms with Crippen LogP contribution in [-0.2, 0) is 6.18 Å². The number of rotatable bonds is 5. The van der Waals surface area contributed by atoms with Gasteiger partial charge in [0.15, 0.2) is 0 Å². The van der Waals surface area contributed by atoms with Gasteiger partial charge in [0.25, 0.3) is 5.91 Å². The van der Waals surface area contributed by atoms with Gasteiger partial charge in [0.05, 0.1) is 25.7 Å². The molecule has 0 bridgehead atoms. The number of carbonyl (C=O) groups excluding carboxylic acids is 1. The van der Waals surface area contributed by atoms with Gasteiger partial charge in [-0.1, -0.05) is 0 Å². The summed E-state index contributed by atoms with van der Waals surface area (Å²) in [5.74, 6) is 1.18. The van der Waals surface area contributed by atoms with Gasteiger partial charge in [-0.05, 0) is 49.2 Å². The fraction of sp³-hybridized carbons (Fsp3) is 0.348. The summed E-state index contributed by atoms with van der Waals surface area (Å²) in [5, 5.41) is 8.08. The van der Waals surface area contributed by atoms with E-state index in [1.165, 1.54) is 26.4 Å². The Kier molecular flexibility index (Phi) is 6.26. The van der Waals surface area contributed by atoms with Crippen molar-refractivity contribution in [3.63, 3.8) is 0 Å². The van der Waals surface area contributed by atoms with Crippen molar-refractivity contribution in [3.05, 3.63) is 59.5 Å². The normalized spacial score (nSPS) is 16.5. The molecule has 7 nitrogen and oxygen atoms in total. The molecule has 1 aliphatic heterocycles. The van der Waals surface area contributed by atoms with E-state index >= 15 is 0 Å². The van der Waals surface area contributed by atoms with Gasteiger partial charge in [-0.2, -0.15) is 13.2 Å². The first-order chi connectivity index (χ1) is 15.8. The second-order valence-electron chi connectivity index (χ2n) is 7.71. The van der Waals surface area contributed by atoms with Crippen molar-refractivity contribution in [2.24, 2.45) is 0 Å². The van der Waals surface area contributed by atoms with Gasteiger partial charge in [0.2, 0.25) is 11.8 Å². The molecular weight excluding hydrogens is 439 g/mol. The molecule has 10 heteroatoms. The van der Waals surface area contributed by atoms with E-state index in [9.17, 15) is 18.0 Å². The van der Waals surface area contributed by atoms with Gasteiger partial charge in [-0.25, -0.2) is 0 Å². The molecule has 2 heterocycles. The van der Waals surface area contributed by atoms with Crippen molar-refractivity contribution < 1.29 is 31.9 Å². The zero-order chi connectivity index (χ0) is 23.6. The van der Waals surface area contributed by atoms with Crippen LogP contribution in [-0.4, -0.2) is 48.3 Å². The monoisotopic (exact) mass is 461 g/mol. The fourth-order valence-corrected chi connectivity index (χ4v) is 3.79. The Morgan fingerprint density at radius 3 is 2.33 bits per heavy atom. The number of halogens is 3. The molecule has 1 aromatic heterocycles. The molecule has 33 heavy (non-hydrogen) atoms. The summed E-state index contributed by atoms with van der Waals surface area (Å²) in [5.41, 5.74) is 0.0957. The van der Waals surface area contributed by atoms with Crippen LogP contribution >= 0.6 is 0 Å². The maximum absolute atomic E-state index is 13.1. The molecule has 174 valence electrons. The first-order valence-corrected chi connectivity index (χ1v) is 10.3. The van der Waals surface area contributed by atoms with Crippen molar-refractivity contribution in [2.45, 2.75) is 24.9 Å². The maximum atomic E-state index is 13.1. The van der Waals surface area contributed by atoms with Crippen molar-refractivity contribution in [1.82, 2.24) is 15.1 Å². The van der Waals surface area contributed by atoms with E-state index in [1.54, 1.807) is 23.1 Å². The average molecular weight is 461 g/mol. The molecular formula is C23H22F3N3O4. The predicted molar refractivity (Wildman–Crippen MR) is 112 cm³/mol. The van der Waals surface area contributed by atoms with Crippen LogP contribution < -0.4 is 9.47 Å². The van der Waals surface area contributed by atoms with E-state index in [1.807, 2.05) is 0 Å². The minimum absolute atomic E-state index is 0.139. The molecule has 4 rings (SSSR count). The first kappa shape index (κ1) is 22.6.